The van der Waals surface area contributed by atoms with Gasteiger partial charge in [-0.25, -0.2) is 5.21 Å². The lowest BCUT2D eigenvalue weighted by molar-refractivity contribution is -0.941. The molecular weight excluding hydrogens is 210 g/mol. The third-order valence-corrected chi connectivity index (χ3v) is 2.10. The Kier molecular flexibility index (Phi) is 8.55. The topological polar surface area (TPSA) is 97.1 Å². The van der Waals surface area contributed by atoms with Crippen molar-refractivity contribution >= 4 is 0 Å². The standard InChI is InChI=1S/C9H23N5O2/c1-9(2)11-6-4-8-13(7-3-5-10)14(16)12-15/h9,11,16H,3-8,10H2,1-2H3/p+1. The highest BCUT2D eigenvalue weighted by Gasteiger charge is 2.16. The Balaban J connectivity index is 3.83. The van der Waals surface area contributed by atoms with Crippen LogP contribution in [0.5, 0.6) is 0 Å². The van der Waals surface area contributed by atoms with Gasteiger partial charge < -0.3 is 16.3 Å². The molecule has 0 aliphatic carbocycles. The van der Waals surface area contributed by atoms with Gasteiger partial charge in [0.2, 0.25) is 0 Å². The predicted octanol–water partition coefficient (Wildman–Crippen LogP) is 0.183. The number of nitrogens with two attached hydrogens (primary N) is 1. The minimum absolute atomic E-state index is 0.449. The monoisotopic (exact) mass is 234 g/mol. The fourth-order valence-corrected chi connectivity index (χ4v) is 1.27. The van der Waals surface area contributed by atoms with Crippen LogP contribution in [-0.4, -0.2) is 52.6 Å². The van der Waals surface area contributed by atoms with Crippen LogP contribution < -0.4 is 11.1 Å². The van der Waals surface area contributed by atoms with Gasteiger partial charge in [-0.3, -0.25) is 0 Å². The predicted molar refractivity (Wildman–Crippen MR) is 59.3 cm³/mol. The van der Waals surface area contributed by atoms with E-state index in [0.29, 0.717) is 30.6 Å². The van der Waals surface area contributed by atoms with Crippen LogP contribution in [0.3, 0.4) is 0 Å². The Hall–Kier alpha value is -1.08. The molecule has 0 unspecified atom stereocenters. The summed E-state index contributed by atoms with van der Waals surface area (Å²) in [5.41, 5.74) is 5.38. The van der Waals surface area contributed by atoms with Crippen LogP contribution in [-0.2, 0) is 0 Å². The van der Waals surface area contributed by atoms with Gasteiger partial charge in [-0.15, -0.1) is 5.01 Å². The summed E-state index contributed by atoms with van der Waals surface area (Å²) >= 11 is 0. The zero-order valence-corrected chi connectivity index (χ0v) is 10.1. The van der Waals surface area contributed by atoms with Gasteiger partial charge in [-0.1, -0.05) is 13.8 Å². The quantitative estimate of drug-likeness (QED) is 0.197. The minimum atomic E-state index is 0.449. The first-order chi connectivity index (χ1) is 7.61. The summed E-state index contributed by atoms with van der Waals surface area (Å²) in [6, 6.07) is 0.449. The van der Waals surface area contributed by atoms with E-state index < -0.39 is 0 Å². The molecule has 0 aromatic heterocycles. The summed E-state index contributed by atoms with van der Waals surface area (Å²) in [6.45, 7) is 6.73. The minimum Gasteiger partial charge on any atom is -0.357 e. The lowest BCUT2D eigenvalue weighted by Gasteiger charge is -2.13. The first-order valence-electron chi connectivity index (χ1n) is 5.64. The molecule has 0 aromatic rings. The molecule has 0 radical (unpaired) electrons. The first-order valence-corrected chi connectivity index (χ1v) is 5.64. The van der Waals surface area contributed by atoms with Gasteiger partial charge in [0.15, 0.2) is 0 Å². The van der Waals surface area contributed by atoms with E-state index in [1.165, 1.54) is 5.01 Å². The fraction of sp³-hybridized carbons (Fsp3) is 1.00. The molecule has 0 amide bonds. The Morgan fingerprint density at radius 1 is 1.38 bits per heavy atom. The maximum absolute atomic E-state index is 9.23. The highest BCUT2D eigenvalue weighted by atomic mass is 16.6. The molecule has 5 N–H and O–H groups in total. The second-order valence-corrected chi connectivity index (χ2v) is 3.92. The van der Waals surface area contributed by atoms with Crippen molar-refractivity contribution < 1.29 is 15.4 Å². The van der Waals surface area contributed by atoms with Gasteiger partial charge in [-0.05, 0) is 25.9 Å². The Bertz CT molecular complexity index is 198. The molecule has 96 valence electrons. The molecule has 0 fully saturated rings. The van der Waals surface area contributed by atoms with Crippen LogP contribution in [0.2, 0.25) is 0 Å². The number of nitrogens with one attached hydrogen (secondary N) is 1. The second-order valence-electron chi connectivity index (χ2n) is 3.92. The number of hydrazine groups is 1. The van der Waals surface area contributed by atoms with Crippen LogP contribution in [0.15, 0.2) is 5.28 Å². The summed E-state index contributed by atoms with van der Waals surface area (Å²) in [6.07, 6.45) is 1.60. The molecule has 7 heteroatoms. The third-order valence-electron chi connectivity index (χ3n) is 2.10. The largest absolute Gasteiger partial charge is 0.357 e. The number of nitrogens with zero attached hydrogens (tertiary/aromatic N) is 3. The van der Waals surface area contributed by atoms with Crippen molar-refractivity contribution in [3.63, 3.8) is 0 Å². The lowest BCUT2D eigenvalue weighted by Crippen LogP contribution is -2.36. The summed E-state index contributed by atoms with van der Waals surface area (Å²) in [7, 11) is 0. The number of hydrogen-bond donors (Lipinski definition) is 4. The summed E-state index contributed by atoms with van der Waals surface area (Å²) in [5, 5.41) is 25.2. The Morgan fingerprint density at radius 3 is 2.50 bits per heavy atom. The van der Waals surface area contributed by atoms with Crippen molar-refractivity contribution in [2.45, 2.75) is 32.7 Å². The molecule has 0 spiro atoms. The molecular formula is C9H24N5O2+. The van der Waals surface area contributed by atoms with Crippen molar-refractivity contribution in [3.8, 4) is 0 Å². The van der Waals surface area contributed by atoms with E-state index in [2.05, 4.69) is 24.4 Å². The summed E-state index contributed by atoms with van der Waals surface area (Å²) in [4.78, 5) is 0.463. The van der Waals surface area contributed by atoms with Crippen molar-refractivity contribution in [2.75, 3.05) is 26.2 Å². The van der Waals surface area contributed by atoms with E-state index in [9.17, 15) is 5.21 Å². The van der Waals surface area contributed by atoms with E-state index in [4.69, 9.17) is 10.9 Å². The van der Waals surface area contributed by atoms with E-state index in [1.54, 1.807) is 0 Å². The third kappa shape index (κ3) is 7.24. The average Bonchev–Trinajstić information content (AvgIpc) is 2.26. The van der Waals surface area contributed by atoms with Crippen molar-refractivity contribution in [1.29, 1.82) is 0 Å². The number of hydrogen-bond acceptors (Lipinski definition) is 3. The molecule has 0 aromatic carbocycles. The summed E-state index contributed by atoms with van der Waals surface area (Å²) in [5.74, 6) is 0. The normalized spacial score (nSPS) is 12.1. The van der Waals surface area contributed by atoms with Crippen LogP contribution >= 0.6 is 0 Å². The van der Waals surface area contributed by atoms with Crippen molar-refractivity contribution in [3.05, 3.63) is 0 Å². The SMILES string of the molecule is CC(C)NCCCN(CCCN)/[N+](O)=N/O. The molecule has 16 heavy (non-hydrogen) atoms. The van der Waals surface area contributed by atoms with Gasteiger partial charge >= 0.3 is 0 Å². The second kappa shape index (κ2) is 9.17. The molecule has 0 heterocycles. The van der Waals surface area contributed by atoms with Gasteiger partial charge in [0.1, 0.15) is 0 Å². The molecule has 0 saturated heterocycles. The van der Waals surface area contributed by atoms with Gasteiger partial charge in [0.05, 0.1) is 13.1 Å². The highest BCUT2D eigenvalue weighted by molar-refractivity contribution is 4.54. The number of rotatable bonds is 9. The molecule has 0 aliphatic heterocycles. The molecule has 0 bridgehead atoms. The van der Waals surface area contributed by atoms with E-state index in [0.717, 1.165) is 19.4 Å². The zero-order valence-electron chi connectivity index (χ0n) is 10.1. The Labute approximate surface area is 96.4 Å². The fourth-order valence-electron chi connectivity index (χ4n) is 1.27. The van der Waals surface area contributed by atoms with Crippen LogP contribution in [0.25, 0.3) is 0 Å². The smallest absolute Gasteiger partial charge is 0.271 e. The molecule has 0 atom stereocenters. The van der Waals surface area contributed by atoms with Crippen LogP contribution in [0, 0.1) is 0 Å². The van der Waals surface area contributed by atoms with E-state index in [1.807, 2.05) is 0 Å². The average molecular weight is 234 g/mol. The maximum atomic E-state index is 9.23. The zero-order chi connectivity index (χ0) is 12.4. The molecule has 7 nitrogen and oxygen atoms in total. The van der Waals surface area contributed by atoms with Crippen molar-refractivity contribution in [2.24, 2.45) is 11.0 Å². The van der Waals surface area contributed by atoms with Gasteiger partial charge in [0, 0.05) is 6.04 Å². The highest BCUT2D eigenvalue weighted by Crippen LogP contribution is 1.94. The maximum Gasteiger partial charge on any atom is 0.271 e. The van der Waals surface area contributed by atoms with E-state index >= 15 is 0 Å². The van der Waals surface area contributed by atoms with E-state index in [-0.39, 0.29) is 0 Å². The lowest BCUT2D eigenvalue weighted by atomic mass is 10.3. The molecule has 0 rings (SSSR count). The van der Waals surface area contributed by atoms with Crippen molar-refractivity contribution in [1.82, 2.24) is 10.3 Å². The van der Waals surface area contributed by atoms with Crippen LogP contribution in [0.1, 0.15) is 26.7 Å². The first kappa shape index (κ1) is 14.9. The van der Waals surface area contributed by atoms with Gasteiger partial charge in [0.25, 0.3) is 10.2 Å². The van der Waals surface area contributed by atoms with Crippen LogP contribution in [0.4, 0.5) is 0 Å². The van der Waals surface area contributed by atoms with Gasteiger partial charge in [-0.2, -0.15) is 0 Å². The molecule has 0 aliphatic rings. The molecule has 0 saturated carbocycles. The summed E-state index contributed by atoms with van der Waals surface area (Å²) < 4.78 is 0. The Morgan fingerprint density at radius 2 is 2.00 bits per heavy atom.